The maximum Gasteiger partial charge on any atom is 0.412 e. The van der Waals surface area contributed by atoms with Crippen LogP contribution in [0.5, 0.6) is 11.5 Å². The summed E-state index contributed by atoms with van der Waals surface area (Å²) in [4.78, 5) is 49.9. The summed E-state index contributed by atoms with van der Waals surface area (Å²) in [5, 5.41) is 46.5. The molecule has 2 amide bonds. The smallest absolute Gasteiger partial charge is 0.412 e. The second-order valence-corrected chi connectivity index (χ2v) is 9.93. The van der Waals surface area contributed by atoms with Crippen molar-refractivity contribution in [2.24, 2.45) is 17.6 Å². The number of amides is 2. The van der Waals surface area contributed by atoms with E-state index in [0.29, 0.717) is 5.56 Å². The molecule has 3 atom stereocenters. The lowest BCUT2D eigenvalue weighted by Gasteiger charge is -2.46. The van der Waals surface area contributed by atoms with E-state index in [1.54, 1.807) is 0 Å². The number of rotatable bonds is 4. The monoisotopic (exact) mass is 583 g/mol. The van der Waals surface area contributed by atoms with Gasteiger partial charge in [-0.05, 0) is 54.7 Å². The molecule has 0 saturated heterocycles. The predicted octanol–water partition coefficient (Wildman–Crippen LogP) is 2.46. The van der Waals surface area contributed by atoms with Crippen LogP contribution in [-0.4, -0.2) is 49.6 Å². The summed E-state index contributed by atoms with van der Waals surface area (Å²) in [5.41, 5.74) is 7.82. The molecule has 2 aromatic carbocycles. The van der Waals surface area contributed by atoms with Crippen LogP contribution in [0.2, 0.25) is 0 Å². The number of carbonyl (C=O) groups excluding carboxylic acids is 4. The molecule has 0 bridgehead atoms. The summed E-state index contributed by atoms with van der Waals surface area (Å²) in [5.74, 6) is -7.90. The molecule has 5 rings (SSSR count). The zero-order valence-electron chi connectivity index (χ0n) is 22.7. The minimum atomic E-state index is -2.68. The number of carbonyl (C=O) groups is 4. The number of phenolic OH excluding ortho intramolecular Hbond substituents is 1. The number of nitrogens with one attached hydrogen (secondary N) is 1. The zero-order valence-corrected chi connectivity index (χ0v) is 22.7. The van der Waals surface area contributed by atoms with Crippen LogP contribution < -0.4 is 21.5 Å². The first kappa shape index (κ1) is 30.1. The molecule has 0 aliphatic heterocycles. The highest BCUT2D eigenvalue weighted by Crippen LogP contribution is 2.53. The van der Waals surface area contributed by atoms with Crippen molar-refractivity contribution < 1.29 is 48.7 Å². The predicted molar refractivity (Wildman–Crippen MR) is 146 cm³/mol. The molecule has 0 heterocycles. The Morgan fingerprint density at radius 2 is 1.76 bits per heavy atom. The number of nitrogens with two attached hydrogens (primary N) is 2. The number of aliphatic hydroxyl groups excluding tert-OH is 2. The van der Waals surface area contributed by atoms with Gasteiger partial charge in [0.1, 0.15) is 34.4 Å². The van der Waals surface area contributed by atoms with Crippen LogP contribution in [0.4, 0.5) is 14.9 Å². The molecule has 1 fully saturated rings. The fourth-order valence-electron chi connectivity index (χ4n) is 5.72. The molecule has 13 heteroatoms. The number of hydrogen-bond donors (Lipinski definition) is 7. The number of benzene rings is 2. The molecule has 9 N–H and O–H groups in total. The van der Waals surface area contributed by atoms with Gasteiger partial charge in [-0.2, -0.15) is 0 Å². The number of ketones is 2. The summed E-state index contributed by atoms with van der Waals surface area (Å²) in [6.45, 7) is 3.68. The van der Waals surface area contributed by atoms with Gasteiger partial charge in [0, 0.05) is 35.7 Å². The Balaban J connectivity index is 0.00000198. The number of halogens is 1. The van der Waals surface area contributed by atoms with Gasteiger partial charge >= 0.3 is 6.09 Å². The normalized spacial score (nSPS) is 22.8. The number of aromatic hydroxyl groups is 1. The molecule has 0 spiro atoms. The number of phenols is 1. The lowest BCUT2D eigenvalue weighted by molar-refractivity contribution is -0.147. The molecule has 3 aliphatic rings. The number of anilines is 1. The van der Waals surface area contributed by atoms with E-state index in [1.807, 2.05) is 13.8 Å². The Bertz CT molecular complexity index is 1560. The maximum atomic E-state index is 13.6. The van der Waals surface area contributed by atoms with E-state index in [-0.39, 0.29) is 47.5 Å². The molecule has 2 aromatic rings. The van der Waals surface area contributed by atoms with Gasteiger partial charge in [-0.15, -0.1) is 0 Å². The second kappa shape index (κ2) is 11.2. The van der Waals surface area contributed by atoms with Crippen LogP contribution in [0.1, 0.15) is 43.4 Å². The van der Waals surface area contributed by atoms with Gasteiger partial charge in [-0.3, -0.25) is 14.4 Å². The van der Waals surface area contributed by atoms with Gasteiger partial charge < -0.3 is 41.9 Å². The van der Waals surface area contributed by atoms with Crippen molar-refractivity contribution in [3.8, 4) is 11.5 Å². The molecule has 222 valence electrons. The van der Waals surface area contributed by atoms with E-state index in [1.165, 1.54) is 18.2 Å². The molecular formula is C29H30FN3O9. The van der Waals surface area contributed by atoms with Crippen molar-refractivity contribution in [2.75, 3.05) is 5.73 Å². The number of primary amides is 1. The summed E-state index contributed by atoms with van der Waals surface area (Å²) < 4.78 is 18.1. The standard InChI is InChI=1S/C27H24FN3O9.C2H6/c28-13-1-3-14(4-2-13)40-26(38)31-9-11-7-16(29)15-6-10-5-12-8-17(32)20(25(30)37)24(36)27(12,39)23(35)18(10)22(34)19(15)21(11)33;1-2/h1-4,7,10,12,33-34,36,39H,5-6,8-9,29H2,(H2,30,37)(H,31,38);1-2H3/t10?,12-,27-;/m0./s1. The Kier molecular flexibility index (Phi) is 7.99. The molecule has 1 saturated carbocycles. The number of nitrogen functional groups attached to an aromatic ring is 1. The van der Waals surface area contributed by atoms with Gasteiger partial charge in [-0.1, -0.05) is 13.8 Å². The van der Waals surface area contributed by atoms with Crippen LogP contribution >= 0.6 is 0 Å². The third-order valence-electron chi connectivity index (χ3n) is 7.62. The SMILES string of the molecule is CC.NC(=O)C1=C(O)[C@@]2(O)C(=O)C3=C(O)c4c(O)c(CNC(=O)Oc5ccc(F)cc5)cc(N)c4CC3C[C@H]2CC1=O. The van der Waals surface area contributed by atoms with Crippen molar-refractivity contribution in [3.63, 3.8) is 0 Å². The Labute approximate surface area is 239 Å². The summed E-state index contributed by atoms with van der Waals surface area (Å²) in [6.07, 6.45) is -1.34. The Morgan fingerprint density at radius 3 is 2.38 bits per heavy atom. The minimum absolute atomic E-state index is 0.0261. The minimum Gasteiger partial charge on any atom is -0.508 e. The van der Waals surface area contributed by atoms with Crippen LogP contribution in [-0.2, 0) is 27.3 Å². The van der Waals surface area contributed by atoms with Gasteiger partial charge in [0.2, 0.25) is 5.78 Å². The van der Waals surface area contributed by atoms with E-state index < -0.39 is 76.1 Å². The molecular weight excluding hydrogens is 553 g/mol. The highest BCUT2D eigenvalue weighted by atomic mass is 19.1. The highest BCUT2D eigenvalue weighted by Gasteiger charge is 2.60. The number of ether oxygens (including phenoxy) is 1. The second-order valence-electron chi connectivity index (χ2n) is 9.93. The highest BCUT2D eigenvalue weighted by molar-refractivity contribution is 6.22. The first-order valence-corrected chi connectivity index (χ1v) is 13.2. The van der Waals surface area contributed by atoms with Crippen molar-refractivity contribution in [3.05, 3.63) is 69.7 Å². The average molecular weight is 584 g/mol. The summed E-state index contributed by atoms with van der Waals surface area (Å²) in [6, 6.07) is 6.06. The topological polar surface area (TPSA) is 222 Å². The number of Topliss-reactive ketones (excluding diaryl/α,β-unsaturated/α-hetero) is 2. The van der Waals surface area contributed by atoms with Crippen LogP contribution in [0.3, 0.4) is 0 Å². The quantitative estimate of drug-likeness (QED) is 0.158. The molecule has 0 aromatic heterocycles. The number of hydrogen-bond acceptors (Lipinski definition) is 10. The van der Waals surface area contributed by atoms with Crippen LogP contribution in [0, 0.1) is 17.7 Å². The third kappa shape index (κ3) is 4.81. The van der Waals surface area contributed by atoms with E-state index in [4.69, 9.17) is 16.2 Å². The lowest BCUT2D eigenvalue weighted by atomic mass is 9.59. The lowest BCUT2D eigenvalue weighted by Crippen LogP contribution is -2.58. The van der Waals surface area contributed by atoms with Gasteiger partial charge in [0.25, 0.3) is 5.91 Å². The van der Waals surface area contributed by atoms with E-state index in [9.17, 15) is 44.0 Å². The average Bonchev–Trinajstić information content (AvgIpc) is 2.94. The Morgan fingerprint density at radius 1 is 1.12 bits per heavy atom. The van der Waals surface area contributed by atoms with Crippen LogP contribution in [0.25, 0.3) is 5.76 Å². The first-order chi connectivity index (χ1) is 19.8. The van der Waals surface area contributed by atoms with Crippen LogP contribution in [0.15, 0.2) is 47.2 Å². The fourth-order valence-corrected chi connectivity index (χ4v) is 5.72. The summed E-state index contributed by atoms with van der Waals surface area (Å²) in [7, 11) is 0. The molecule has 42 heavy (non-hydrogen) atoms. The number of fused-ring (bicyclic) bond motifs is 3. The summed E-state index contributed by atoms with van der Waals surface area (Å²) >= 11 is 0. The van der Waals surface area contributed by atoms with E-state index in [2.05, 4.69) is 5.32 Å². The van der Waals surface area contributed by atoms with Crippen molar-refractivity contribution in [2.45, 2.75) is 45.3 Å². The molecule has 12 nitrogen and oxygen atoms in total. The van der Waals surface area contributed by atoms with Gasteiger partial charge in [0.05, 0.1) is 5.56 Å². The van der Waals surface area contributed by atoms with Crippen molar-refractivity contribution in [1.82, 2.24) is 5.32 Å². The van der Waals surface area contributed by atoms with Gasteiger partial charge in [-0.25, -0.2) is 9.18 Å². The Hall–Kier alpha value is -4.91. The van der Waals surface area contributed by atoms with Gasteiger partial charge in [0.15, 0.2) is 11.4 Å². The largest absolute Gasteiger partial charge is 0.508 e. The van der Waals surface area contributed by atoms with Crippen molar-refractivity contribution >= 4 is 35.0 Å². The van der Waals surface area contributed by atoms with Crippen molar-refractivity contribution in [1.29, 1.82) is 0 Å². The third-order valence-corrected chi connectivity index (χ3v) is 7.62. The fraction of sp³-hybridized carbons (Fsp3) is 0.310. The first-order valence-electron chi connectivity index (χ1n) is 13.2. The zero-order chi connectivity index (χ0) is 31.1. The number of aliphatic hydroxyl groups is 3. The molecule has 3 aliphatic carbocycles. The molecule has 0 radical (unpaired) electrons. The van der Waals surface area contributed by atoms with E-state index >= 15 is 0 Å². The van der Waals surface area contributed by atoms with E-state index in [0.717, 1.165) is 12.1 Å². The molecule has 1 unspecified atom stereocenters. The maximum absolute atomic E-state index is 13.6.